The normalized spacial score (nSPS) is 17.6. The fourth-order valence-corrected chi connectivity index (χ4v) is 2.23. The topological polar surface area (TPSA) is 47.6 Å². The molecule has 0 radical (unpaired) electrons. The molecular formula is C15H21NO3. The SMILES string of the molecule is CCO[C@@](C)(C(=O)Nc1ccc(OC)cc1)C1CC1. The van der Waals surface area contributed by atoms with Crippen molar-refractivity contribution in [2.45, 2.75) is 32.3 Å². The van der Waals surface area contributed by atoms with Crippen molar-refractivity contribution in [1.29, 1.82) is 0 Å². The Morgan fingerprint density at radius 2 is 2.00 bits per heavy atom. The van der Waals surface area contributed by atoms with Gasteiger partial charge in [0.15, 0.2) is 0 Å². The Hall–Kier alpha value is -1.55. The van der Waals surface area contributed by atoms with Crippen LogP contribution in [-0.2, 0) is 9.53 Å². The third kappa shape index (κ3) is 3.07. The van der Waals surface area contributed by atoms with Gasteiger partial charge in [-0.2, -0.15) is 0 Å². The Balaban J connectivity index is 2.05. The van der Waals surface area contributed by atoms with Crippen LogP contribution < -0.4 is 10.1 Å². The fraction of sp³-hybridized carbons (Fsp3) is 0.533. The monoisotopic (exact) mass is 263 g/mol. The minimum absolute atomic E-state index is 0.0676. The molecular weight excluding hydrogens is 242 g/mol. The highest BCUT2D eigenvalue weighted by atomic mass is 16.5. The number of hydrogen-bond donors (Lipinski definition) is 1. The molecule has 0 aliphatic heterocycles. The molecule has 1 N–H and O–H groups in total. The Kier molecular flexibility index (Phi) is 4.10. The molecule has 4 nitrogen and oxygen atoms in total. The summed E-state index contributed by atoms with van der Waals surface area (Å²) in [5.41, 5.74) is 0.0478. The number of amides is 1. The van der Waals surface area contributed by atoms with Crippen molar-refractivity contribution in [2.75, 3.05) is 19.0 Å². The van der Waals surface area contributed by atoms with Crippen molar-refractivity contribution in [1.82, 2.24) is 0 Å². The highest BCUT2D eigenvalue weighted by molar-refractivity contribution is 5.97. The summed E-state index contributed by atoms with van der Waals surface area (Å²) in [6.07, 6.45) is 2.12. The number of carbonyl (C=O) groups is 1. The number of ether oxygens (including phenoxy) is 2. The summed E-state index contributed by atoms with van der Waals surface area (Å²) >= 11 is 0. The lowest BCUT2D eigenvalue weighted by atomic mass is 9.99. The molecule has 1 aromatic rings. The van der Waals surface area contributed by atoms with Crippen LogP contribution in [0.4, 0.5) is 5.69 Å². The van der Waals surface area contributed by atoms with Gasteiger partial charge in [-0.15, -0.1) is 0 Å². The van der Waals surface area contributed by atoms with E-state index in [9.17, 15) is 4.79 Å². The van der Waals surface area contributed by atoms with Crippen LogP contribution in [0, 0.1) is 5.92 Å². The molecule has 19 heavy (non-hydrogen) atoms. The predicted octanol–water partition coefficient (Wildman–Crippen LogP) is 2.84. The average Bonchev–Trinajstić information content (AvgIpc) is 3.24. The first-order valence-electron chi connectivity index (χ1n) is 6.69. The van der Waals surface area contributed by atoms with E-state index in [-0.39, 0.29) is 5.91 Å². The fourth-order valence-electron chi connectivity index (χ4n) is 2.23. The van der Waals surface area contributed by atoms with Crippen molar-refractivity contribution in [2.24, 2.45) is 5.92 Å². The van der Waals surface area contributed by atoms with E-state index in [1.54, 1.807) is 7.11 Å². The highest BCUT2D eigenvalue weighted by Gasteiger charge is 2.48. The maximum Gasteiger partial charge on any atom is 0.256 e. The van der Waals surface area contributed by atoms with E-state index >= 15 is 0 Å². The molecule has 0 unspecified atom stereocenters. The molecule has 0 spiro atoms. The summed E-state index contributed by atoms with van der Waals surface area (Å²) in [4.78, 5) is 12.4. The maximum atomic E-state index is 12.4. The van der Waals surface area contributed by atoms with E-state index in [1.807, 2.05) is 38.1 Å². The van der Waals surface area contributed by atoms with Crippen molar-refractivity contribution in [3.05, 3.63) is 24.3 Å². The van der Waals surface area contributed by atoms with Gasteiger partial charge in [0.05, 0.1) is 7.11 Å². The lowest BCUT2D eigenvalue weighted by molar-refractivity contribution is -0.141. The van der Waals surface area contributed by atoms with Crippen molar-refractivity contribution in [3.8, 4) is 5.75 Å². The van der Waals surface area contributed by atoms with E-state index < -0.39 is 5.60 Å². The van der Waals surface area contributed by atoms with Gasteiger partial charge in [0.25, 0.3) is 5.91 Å². The molecule has 4 heteroatoms. The molecule has 0 aromatic heterocycles. The molecule has 1 saturated carbocycles. The third-order valence-corrected chi connectivity index (χ3v) is 3.60. The molecule has 2 rings (SSSR count). The maximum absolute atomic E-state index is 12.4. The zero-order valence-corrected chi connectivity index (χ0v) is 11.7. The molecule has 0 bridgehead atoms. The minimum atomic E-state index is -0.714. The van der Waals surface area contributed by atoms with Crippen LogP contribution in [0.15, 0.2) is 24.3 Å². The van der Waals surface area contributed by atoms with Gasteiger partial charge in [-0.05, 0) is 56.9 Å². The molecule has 1 aliphatic carbocycles. The third-order valence-electron chi connectivity index (χ3n) is 3.60. The second-order valence-corrected chi connectivity index (χ2v) is 5.00. The van der Waals surface area contributed by atoms with Gasteiger partial charge in [0.2, 0.25) is 0 Å². The first kappa shape index (κ1) is 13.9. The van der Waals surface area contributed by atoms with E-state index in [0.717, 1.165) is 24.3 Å². The Morgan fingerprint density at radius 1 is 1.37 bits per heavy atom. The number of nitrogens with one attached hydrogen (secondary N) is 1. The summed E-state index contributed by atoms with van der Waals surface area (Å²) in [6.45, 7) is 4.34. The van der Waals surface area contributed by atoms with Gasteiger partial charge in [-0.25, -0.2) is 0 Å². The van der Waals surface area contributed by atoms with Crippen LogP contribution in [0.1, 0.15) is 26.7 Å². The number of rotatable bonds is 6. The quantitative estimate of drug-likeness (QED) is 0.858. The Bertz CT molecular complexity index is 439. The van der Waals surface area contributed by atoms with E-state index in [4.69, 9.17) is 9.47 Å². The number of carbonyl (C=O) groups excluding carboxylic acids is 1. The van der Waals surface area contributed by atoms with Crippen LogP contribution in [0.2, 0.25) is 0 Å². The molecule has 1 aromatic carbocycles. The second kappa shape index (κ2) is 5.61. The lowest BCUT2D eigenvalue weighted by Gasteiger charge is -2.28. The van der Waals surface area contributed by atoms with Gasteiger partial charge in [0.1, 0.15) is 11.4 Å². The predicted molar refractivity (Wildman–Crippen MR) is 74.4 cm³/mol. The van der Waals surface area contributed by atoms with E-state index in [1.165, 1.54) is 0 Å². The molecule has 1 atom stereocenters. The van der Waals surface area contributed by atoms with E-state index in [2.05, 4.69) is 5.32 Å². The summed E-state index contributed by atoms with van der Waals surface area (Å²) in [7, 11) is 1.62. The molecule has 0 saturated heterocycles. The Labute approximate surface area is 114 Å². The van der Waals surface area contributed by atoms with Crippen LogP contribution in [0.25, 0.3) is 0 Å². The number of methoxy groups -OCH3 is 1. The first-order chi connectivity index (χ1) is 9.10. The first-order valence-corrected chi connectivity index (χ1v) is 6.69. The standard InChI is InChI=1S/C15H21NO3/c1-4-19-15(2,11-5-6-11)14(17)16-12-7-9-13(18-3)10-8-12/h7-11H,4-6H2,1-3H3,(H,16,17)/t15-/m1/s1. The average molecular weight is 263 g/mol. The zero-order chi connectivity index (χ0) is 13.9. The molecule has 1 fully saturated rings. The van der Waals surface area contributed by atoms with Crippen LogP contribution in [0.5, 0.6) is 5.75 Å². The van der Waals surface area contributed by atoms with Gasteiger partial charge in [-0.1, -0.05) is 0 Å². The summed E-state index contributed by atoms with van der Waals surface area (Å²) in [5.74, 6) is 1.04. The van der Waals surface area contributed by atoms with Crippen LogP contribution >= 0.6 is 0 Å². The lowest BCUT2D eigenvalue weighted by Crippen LogP contribution is -2.44. The van der Waals surface area contributed by atoms with Crippen LogP contribution in [0.3, 0.4) is 0 Å². The minimum Gasteiger partial charge on any atom is -0.497 e. The largest absolute Gasteiger partial charge is 0.497 e. The van der Waals surface area contributed by atoms with Crippen LogP contribution in [-0.4, -0.2) is 25.2 Å². The van der Waals surface area contributed by atoms with Gasteiger partial charge < -0.3 is 14.8 Å². The number of anilines is 1. The van der Waals surface area contributed by atoms with Crippen molar-refractivity contribution in [3.63, 3.8) is 0 Å². The summed E-state index contributed by atoms with van der Waals surface area (Å²) < 4.78 is 10.8. The van der Waals surface area contributed by atoms with Crippen molar-refractivity contribution >= 4 is 11.6 Å². The zero-order valence-electron chi connectivity index (χ0n) is 11.7. The summed E-state index contributed by atoms with van der Waals surface area (Å²) in [5, 5.41) is 2.92. The van der Waals surface area contributed by atoms with Crippen molar-refractivity contribution < 1.29 is 14.3 Å². The Morgan fingerprint density at radius 3 is 2.47 bits per heavy atom. The molecule has 0 heterocycles. The molecule has 104 valence electrons. The van der Waals surface area contributed by atoms with Gasteiger partial charge in [0, 0.05) is 12.3 Å². The summed E-state index contributed by atoms with van der Waals surface area (Å²) in [6, 6.07) is 7.31. The van der Waals surface area contributed by atoms with Gasteiger partial charge >= 0.3 is 0 Å². The molecule has 1 aliphatic rings. The highest BCUT2D eigenvalue weighted by Crippen LogP contribution is 2.42. The number of benzene rings is 1. The number of hydrogen-bond acceptors (Lipinski definition) is 3. The smallest absolute Gasteiger partial charge is 0.256 e. The van der Waals surface area contributed by atoms with E-state index in [0.29, 0.717) is 12.5 Å². The molecule has 1 amide bonds. The second-order valence-electron chi connectivity index (χ2n) is 5.00. The van der Waals surface area contributed by atoms with Gasteiger partial charge in [-0.3, -0.25) is 4.79 Å².